The van der Waals surface area contributed by atoms with Crippen molar-refractivity contribution >= 4 is 29.2 Å². The summed E-state index contributed by atoms with van der Waals surface area (Å²) in [5.41, 5.74) is 5.28. The van der Waals surface area contributed by atoms with Gasteiger partial charge in [-0.2, -0.15) is 0 Å². The molecule has 5 atom stereocenters. The lowest BCUT2D eigenvalue weighted by atomic mass is 9.63. The zero-order valence-electron chi connectivity index (χ0n) is 21.6. The van der Waals surface area contributed by atoms with E-state index >= 15 is 0 Å². The molecule has 39 heavy (non-hydrogen) atoms. The Morgan fingerprint density at radius 1 is 0.821 bits per heavy atom. The Kier molecular flexibility index (Phi) is 5.41. The normalized spacial score (nSPS) is 24.9. The molecule has 1 heterocycles. The van der Waals surface area contributed by atoms with Crippen molar-refractivity contribution in [3.63, 3.8) is 0 Å². The number of nitrogens with zero attached hydrogens (tertiary/aromatic N) is 1. The smallest absolute Gasteiger partial charge is 0.234 e. The van der Waals surface area contributed by atoms with Gasteiger partial charge >= 0.3 is 0 Å². The van der Waals surface area contributed by atoms with Crippen LogP contribution in [0.1, 0.15) is 52.4 Å². The molecule has 5 unspecified atom stereocenters. The molecule has 2 fully saturated rings. The van der Waals surface area contributed by atoms with E-state index in [0.717, 1.165) is 35.1 Å². The van der Waals surface area contributed by atoms with Crippen molar-refractivity contribution in [1.29, 1.82) is 0 Å². The highest BCUT2D eigenvalue weighted by atomic mass is 16.2. The van der Waals surface area contributed by atoms with Gasteiger partial charge in [-0.15, -0.1) is 0 Å². The summed E-state index contributed by atoms with van der Waals surface area (Å²) >= 11 is 0. The van der Waals surface area contributed by atoms with Gasteiger partial charge in [-0.1, -0.05) is 66.2 Å². The van der Waals surface area contributed by atoms with Gasteiger partial charge in [0.1, 0.15) is 0 Å². The van der Waals surface area contributed by atoms with Crippen LogP contribution in [0.4, 0.5) is 5.69 Å². The molecule has 6 heteroatoms. The monoisotopic (exact) mass is 516 g/mol. The van der Waals surface area contributed by atoms with E-state index < -0.39 is 6.04 Å². The van der Waals surface area contributed by atoms with Crippen molar-refractivity contribution in [2.24, 2.45) is 23.7 Å². The summed E-state index contributed by atoms with van der Waals surface area (Å²) in [6.07, 6.45) is 5.98. The molecule has 0 aromatic heterocycles. The molecule has 0 radical (unpaired) electrons. The van der Waals surface area contributed by atoms with Gasteiger partial charge in [-0.05, 0) is 66.5 Å². The van der Waals surface area contributed by atoms with E-state index in [2.05, 4.69) is 17.5 Å². The number of carbonyl (C=O) groups is 4. The highest BCUT2D eigenvalue weighted by Gasteiger charge is 2.58. The quantitative estimate of drug-likeness (QED) is 0.282. The summed E-state index contributed by atoms with van der Waals surface area (Å²) in [5, 5.41) is 2.92. The number of anilines is 1. The number of imide groups is 1. The second-order valence-electron chi connectivity index (χ2n) is 11.2. The van der Waals surface area contributed by atoms with Gasteiger partial charge in [0.2, 0.25) is 17.7 Å². The molecule has 3 aromatic carbocycles. The average molecular weight is 517 g/mol. The number of likely N-dealkylation sites (tertiary alicyclic amines) is 1. The number of nitrogens with one attached hydrogen (secondary N) is 1. The summed E-state index contributed by atoms with van der Waals surface area (Å²) < 4.78 is 0. The Bertz CT molecular complexity index is 1560. The first kappa shape index (κ1) is 23.8. The Morgan fingerprint density at radius 2 is 1.44 bits per heavy atom. The molecule has 0 spiro atoms. The standard InChI is InChI=1S/C33H28N2O4/c1-18-7-13-23-24-14-12-22(16-26(24)31(37)25(23)15-18)34-28(36)17-27(19-5-3-2-4-6-19)35-32(38)29-20-8-9-21(11-10-20)30(29)33(35)39/h2-9,12-16,20-21,27,29-30H,10-11,17H2,1H3,(H,34,36). The molecule has 1 saturated heterocycles. The van der Waals surface area contributed by atoms with Crippen molar-refractivity contribution in [3.8, 4) is 11.1 Å². The molecule has 3 amide bonds. The summed E-state index contributed by atoms with van der Waals surface area (Å²) in [5.74, 6) is -1.19. The lowest BCUT2D eigenvalue weighted by molar-refractivity contribution is -0.143. The molecule has 5 aliphatic rings. The van der Waals surface area contributed by atoms with Crippen LogP contribution in [0.2, 0.25) is 0 Å². The molecule has 1 saturated carbocycles. The molecule has 2 bridgehead atoms. The minimum atomic E-state index is -0.695. The van der Waals surface area contributed by atoms with Crippen molar-refractivity contribution in [2.45, 2.75) is 32.2 Å². The third kappa shape index (κ3) is 3.69. The van der Waals surface area contributed by atoms with Crippen molar-refractivity contribution < 1.29 is 19.2 Å². The predicted octanol–water partition coefficient (Wildman–Crippen LogP) is 5.47. The maximum absolute atomic E-state index is 13.7. The molecular weight excluding hydrogens is 488 g/mol. The first-order valence-corrected chi connectivity index (χ1v) is 13.6. The predicted molar refractivity (Wildman–Crippen MR) is 147 cm³/mol. The SMILES string of the molecule is Cc1ccc2c(c1)C(=O)c1cc(NC(=O)CC(c3ccccc3)N3C(=O)C4C5C=CC(CC5)C4C3=O)ccc1-2. The number of hydrogen-bond acceptors (Lipinski definition) is 4. The number of fused-ring (bicyclic) bond motifs is 4. The van der Waals surface area contributed by atoms with E-state index in [0.29, 0.717) is 16.8 Å². The van der Waals surface area contributed by atoms with Crippen LogP contribution in [0.25, 0.3) is 11.1 Å². The number of hydrogen-bond donors (Lipinski definition) is 1. The van der Waals surface area contributed by atoms with E-state index in [-0.39, 0.29) is 53.6 Å². The van der Waals surface area contributed by atoms with Crippen LogP contribution in [0.3, 0.4) is 0 Å². The van der Waals surface area contributed by atoms with Crippen LogP contribution in [-0.4, -0.2) is 28.4 Å². The molecule has 1 aliphatic heterocycles. The minimum absolute atomic E-state index is 0.0546. The number of amides is 3. The number of benzene rings is 3. The van der Waals surface area contributed by atoms with Crippen LogP contribution >= 0.6 is 0 Å². The zero-order valence-corrected chi connectivity index (χ0v) is 21.6. The van der Waals surface area contributed by atoms with E-state index in [4.69, 9.17) is 0 Å². The first-order chi connectivity index (χ1) is 18.9. The Balaban J connectivity index is 1.16. The maximum Gasteiger partial charge on any atom is 0.234 e. The summed E-state index contributed by atoms with van der Waals surface area (Å²) in [7, 11) is 0. The summed E-state index contributed by atoms with van der Waals surface area (Å²) in [6, 6.07) is 19.8. The minimum Gasteiger partial charge on any atom is -0.326 e. The lowest BCUT2D eigenvalue weighted by Crippen LogP contribution is -2.38. The summed E-state index contributed by atoms with van der Waals surface area (Å²) in [4.78, 5) is 55.2. The highest BCUT2D eigenvalue weighted by molar-refractivity contribution is 6.22. The number of aryl methyl sites for hydroxylation is 1. The van der Waals surface area contributed by atoms with Gasteiger partial charge in [0, 0.05) is 16.8 Å². The van der Waals surface area contributed by atoms with Gasteiger partial charge in [0.25, 0.3) is 0 Å². The third-order valence-corrected chi connectivity index (χ3v) is 8.93. The Hall–Kier alpha value is -4.32. The number of ketones is 1. The van der Waals surface area contributed by atoms with Gasteiger partial charge in [-0.3, -0.25) is 24.1 Å². The molecule has 4 aliphatic carbocycles. The number of carbonyl (C=O) groups excluding carboxylic acids is 4. The first-order valence-electron chi connectivity index (χ1n) is 13.6. The fraction of sp³-hybridized carbons (Fsp3) is 0.273. The Morgan fingerprint density at radius 3 is 2.08 bits per heavy atom. The van der Waals surface area contributed by atoms with Crippen LogP contribution in [0, 0.1) is 30.6 Å². The molecule has 194 valence electrons. The fourth-order valence-corrected chi connectivity index (χ4v) is 7.10. The number of allylic oxidation sites excluding steroid dienone is 2. The van der Waals surface area contributed by atoms with E-state index in [9.17, 15) is 19.2 Å². The fourth-order valence-electron chi connectivity index (χ4n) is 7.10. The van der Waals surface area contributed by atoms with Gasteiger partial charge in [-0.25, -0.2) is 0 Å². The number of rotatable bonds is 5. The van der Waals surface area contributed by atoms with Crippen molar-refractivity contribution in [1.82, 2.24) is 4.90 Å². The molecular formula is C33H28N2O4. The topological polar surface area (TPSA) is 83.6 Å². The van der Waals surface area contributed by atoms with Crippen molar-refractivity contribution in [2.75, 3.05) is 5.32 Å². The van der Waals surface area contributed by atoms with Crippen LogP contribution in [0.15, 0.2) is 78.9 Å². The maximum atomic E-state index is 13.7. The van der Waals surface area contributed by atoms with Crippen LogP contribution in [-0.2, 0) is 14.4 Å². The average Bonchev–Trinajstić information content (AvgIpc) is 3.39. The molecule has 6 nitrogen and oxygen atoms in total. The van der Waals surface area contributed by atoms with E-state index in [1.165, 1.54) is 4.90 Å². The molecule has 3 aromatic rings. The summed E-state index contributed by atoms with van der Waals surface area (Å²) in [6.45, 7) is 1.96. The van der Waals surface area contributed by atoms with Gasteiger partial charge in [0.05, 0.1) is 24.3 Å². The largest absolute Gasteiger partial charge is 0.326 e. The van der Waals surface area contributed by atoms with Crippen LogP contribution < -0.4 is 5.32 Å². The highest BCUT2D eigenvalue weighted by Crippen LogP contribution is 2.51. The van der Waals surface area contributed by atoms with Gasteiger partial charge in [0.15, 0.2) is 5.78 Å². The van der Waals surface area contributed by atoms with E-state index in [1.54, 1.807) is 12.1 Å². The van der Waals surface area contributed by atoms with Crippen LogP contribution in [0.5, 0.6) is 0 Å². The third-order valence-electron chi connectivity index (χ3n) is 8.93. The van der Waals surface area contributed by atoms with Crippen molar-refractivity contribution in [3.05, 3.63) is 101 Å². The van der Waals surface area contributed by atoms with Gasteiger partial charge < -0.3 is 5.32 Å². The zero-order chi connectivity index (χ0) is 26.8. The Labute approximate surface area is 226 Å². The molecule has 1 N–H and O–H groups in total. The molecule has 8 rings (SSSR count). The van der Waals surface area contributed by atoms with E-state index in [1.807, 2.05) is 61.5 Å². The lowest BCUT2D eigenvalue weighted by Gasteiger charge is -2.38. The second kappa shape index (κ2) is 8.87. The second-order valence-corrected chi connectivity index (χ2v) is 11.2.